The van der Waals surface area contributed by atoms with Gasteiger partial charge in [0.25, 0.3) is 0 Å². The largest absolute Gasteiger partial charge is 0.347 e. The van der Waals surface area contributed by atoms with Crippen LogP contribution in [-0.2, 0) is 20.0 Å². The maximum Gasteiger partial charge on any atom is 0.162 e. The summed E-state index contributed by atoms with van der Waals surface area (Å²) in [4.78, 5) is 14.7. The molecule has 3 aromatic rings. The van der Waals surface area contributed by atoms with Crippen LogP contribution in [0.25, 0.3) is 10.9 Å². The second kappa shape index (κ2) is 7.04. The first kappa shape index (κ1) is 17.0. The number of rotatable bonds is 5. The van der Waals surface area contributed by atoms with Gasteiger partial charge in [0.2, 0.25) is 0 Å². The van der Waals surface area contributed by atoms with Crippen molar-refractivity contribution in [3.05, 3.63) is 71.2 Å². The fraction of sp³-hybridized carbons (Fsp3) is 0.318. The number of hydrogen-bond acceptors (Lipinski definition) is 2. The number of aromatic nitrogens is 1. The molecule has 0 saturated heterocycles. The second-order valence-electron chi connectivity index (χ2n) is 7.06. The van der Waals surface area contributed by atoms with Crippen LogP contribution < -0.4 is 0 Å². The molecule has 0 saturated carbocycles. The van der Waals surface area contributed by atoms with E-state index in [9.17, 15) is 9.18 Å². The van der Waals surface area contributed by atoms with Crippen LogP contribution in [0.5, 0.6) is 0 Å². The predicted molar refractivity (Wildman–Crippen MR) is 102 cm³/mol. The van der Waals surface area contributed by atoms with Crippen molar-refractivity contribution in [1.82, 2.24) is 9.47 Å². The van der Waals surface area contributed by atoms with Crippen LogP contribution in [0.4, 0.5) is 4.39 Å². The van der Waals surface area contributed by atoms with Crippen LogP contribution in [0, 0.1) is 5.82 Å². The van der Waals surface area contributed by atoms with Crippen molar-refractivity contribution in [2.45, 2.75) is 25.8 Å². The van der Waals surface area contributed by atoms with Gasteiger partial charge in [-0.1, -0.05) is 18.2 Å². The molecule has 0 aliphatic carbocycles. The van der Waals surface area contributed by atoms with Gasteiger partial charge in [0.05, 0.1) is 0 Å². The average molecular weight is 350 g/mol. The maximum atomic E-state index is 13.0. The molecule has 2 aromatic carbocycles. The molecule has 0 amide bonds. The summed E-state index contributed by atoms with van der Waals surface area (Å²) in [7, 11) is 2.15. The Bertz CT molecular complexity index is 943. The van der Waals surface area contributed by atoms with Gasteiger partial charge in [-0.3, -0.25) is 9.69 Å². The highest BCUT2D eigenvalue weighted by Crippen LogP contribution is 2.30. The van der Waals surface area contributed by atoms with Gasteiger partial charge in [0.1, 0.15) is 5.82 Å². The zero-order valence-corrected chi connectivity index (χ0v) is 15.0. The van der Waals surface area contributed by atoms with E-state index in [1.165, 1.54) is 34.3 Å². The fourth-order valence-electron chi connectivity index (χ4n) is 4.02. The number of fused-ring (bicyclic) bond motifs is 3. The molecule has 26 heavy (non-hydrogen) atoms. The van der Waals surface area contributed by atoms with Crippen LogP contribution >= 0.6 is 0 Å². The van der Waals surface area contributed by atoms with Crippen molar-refractivity contribution in [2.75, 3.05) is 13.1 Å². The van der Waals surface area contributed by atoms with Gasteiger partial charge >= 0.3 is 0 Å². The first-order chi connectivity index (χ1) is 12.6. The molecule has 134 valence electrons. The van der Waals surface area contributed by atoms with Crippen LogP contribution in [-0.4, -0.2) is 28.3 Å². The zero-order chi connectivity index (χ0) is 18.1. The van der Waals surface area contributed by atoms with Crippen LogP contribution in [0.1, 0.15) is 34.5 Å². The summed E-state index contributed by atoms with van der Waals surface area (Å²) in [6.45, 7) is 2.89. The summed E-state index contributed by atoms with van der Waals surface area (Å²) in [5.74, 6) is -0.214. The summed E-state index contributed by atoms with van der Waals surface area (Å²) in [5, 5.41) is 1.34. The number of carbonyl (C=O) groups is 1. The number of benzene rings is 2. The van der Waals surface area contributed by atoms with Gasteiger partial charge in [-0.25, -0.2) is 4.39 Å². The van der Waals surface area contributed by atoms with Crippen molar-refractivity contribution in [3.8, 4) is 0 Å². The molecule has 0 radical (unpaired) electrons. The van der Waals surface area contributed by atoms with E-state index in [-0.39, 0.29) is 11.6 Å². The molecule has 4 rings (SSSR count). The van der Waals surface area contributed by atoms with Gasteiger partial charge in [-0.2, -0.15) is 0 Å². The molecule has 0 spiro atoms. The zero-order valence-electron chi connectivity index (χ0n) is 15.0. The molecular formula is C22H23FN2O. The van der Waals surface area contributed by atoms with E-state index in [1.807, 2.05) is 0 Å². The monoisotopic (exact) mass is 350 g/mol. The lowest BCUT2D eigenvalue weighted by Gasteiger charge is -2.27. The maximum absolute atomic E-state index is 13.0. The van der Waals surface area contributed by atoms with Crippen LogP contribution in [0.15, 0.2) is 48.5 Å². The fourth-order valence-corrected chi connectivity index (χ4v) is 4.02. The molecular weight excluding hydrogens is 327 g/mol. The molecule has 2 heterocycles. The van der Waals surface area contributed by atoms with Crippen molar-refractivity contribution >= 4 is 16.7 Å². The molecule has 1 aliphatic heterocycles. The number of aryl methyl sites for hydroxylation is 1. The molecule has 0 fully saturated rings. The summed E-state index contributed by atoms with van der Waals surface area (Å²) < 4.78 is 15.3. The topological polar surface area (TPSA) is 25.2 Å². The van der Waals surface area contributed by atoms with Gasteiger partial charge in [0, 0.05) is 55.1 Å². The van der Waals surface area contributed by atoms with Gasteiger partial charge in [-0.05, 0) is 48.9 Å². The minimum absolute atomic E-state index is 0.0906. The van der Waals surface area contributed by atoms with E-state index in [0.29, 0.717) is 12.0 Å². The Kier molecular flexibility index (Phi) is 4.60. The predicted octanol–water partition coefficient (Wildman–Crippen LogP) is 4.34. The third kappa shape index (κ3) is 3.17. The van der Waals surface area contributed by atoms with E-state index < -0.39 is 0 Å². The number of ketones is 1. The SMILES string of the molecule is Cn1c2c(c3ccccc31)CN(CCCC(=O)c1ccc(F)cc1)CC2. The highest BCUT2D eigenvalue weighted by molar-refractivity contribution is 5.96. The van der Waals surface area contributed by atoms with Gasteiger partial charge in [-0.15, -0.1) is 0 Å². The Balaban J connectivity index is 1.38. The van der Waals surface area contributed by atoms with Crippen molar-refractivity contribution < 1.29 is 9.18 Å². The Morgan fingerprint density at radius 2 is 1.88 bits per heavy atom. The third-order valence-electron chi connectivity index (χ3n) is 5.43. The Morgan fingerprint density at radius 1 is 1.12 bits per heavy atom. The summed E-state index contributed by atoms with van der Waals surface area (Å²) >= 11 is 0. The number of hydrogen-bond donors (Lipinski definition) is 0. The van der Waals surface area contributed by atoms with Crippen molar-refractivity contribution in [1.29, 1.82) is 0 Å². The molecule has 4 heteroatoms. The van der Waals surface area contributed by atoms with E-state index in [2.05, 4.69) is 40.8 Å². The second-order valence-corrected chi connectivity index (χ2v) is 7.06. The number of Topliss-reactive ketones (excluding diaryl/α,β-unsaturated/α-hetero) is 1. The number of para-hydroxylation sites is 1. The van der Waals surface area contributed by atoms with Gasteiger partial charge < -0.3 is 4.57 Å². The lowest BCUT2D eigenvalue weighted by Crippen LogP contribution is -2.32. The molecule has 3 nitrogen and oxygen atoms in total. The van der Waals surface area contributed by atoms with Crippen LogP contribution in [0.2, 0.25) is 0 Å². The summed E-state index contributed by atoms with van der Waals surface area (Å²) in [5.41, 5.74) is 4.76. The highest BCUT2D eigenvalue weighted by atomic mass is 19.1. The van der Waals surface area contributed by atoms with E-state index >= 15 is 0 Å². The number of carbonyl (C=O) groups excluding carboxylic acids is 1. The van der Waals surface area contributed by atoms with E-state index in [4.69, 9.17) is 0 Å². The third-order valence-corrected chi connectivity index (χ3v) is 5.43. The van der Waals surface area contributed by atoms with Crippen molar-refractivity contribution in [2.24, 2.45) is 7.05 Å². The standard InChI is InChI=1S/C22H23FN2O/c1-24-20-6-3-2-5-18(20)19-15-25(14-12-21(19)24)13-4-7-22(26)16-8-10-17(23)11-9-16/h2-3,5-6,8-11H,4,7,12-15H2,1H3. The first-order valence-electron chi connectivity index (χ1n) is 9.20. The van der Waals surface area contributed by atoms with E-state index in [1.54, 1.807) is 12.1 Å². The Labute approximate surface area is 153 Å². The Hall–Kier alpha value is -2.46. The smallest absolute Gasteiger partial charge is 0.162 e. The normalized spacial score (nSPS) is 14.5. The molecule has 0 bridgehead atoms. The highest BCUT2D eigenvalue weighted by Gasteiger charge is 2.22. The quantitative estimate of drug-likeness (QED) is 0.640. The first-order valence-corrected chi connectivity index (χ1v) is 9.20. The molecule has 1 aromatic heterocycles. The summed E-state index contributed by atoms with van der Waals surface area (Å²) in [6, 6.07) is 14.4. The summed E-state index contributed by atoms with van der Waals surface area (Å²) in [6.07, 6.45) is 2.38. The minimum atomic E-state index is -0.305. The lowest BCUT2D eigenvalue weighted by molar-refractivity contribution is 0.0973. The van der Waals surface area contributed by atoms with Crippen LogP contribution in [0.3, 0.4) is 0 Å². The minimum Gasteiger partial charge on any atom is -0.347 e. The van der Waals surface area contributed by atoms with Crippen molar-refractivity contribution in [3.63, 3.8) is 0 Å². The average Bonchev–Trinajstić information content (AvgIpc) is 2.95. The van der Waals surface area contributed by atoms with E-state index in [0.717, 1.165) is 32.5 Å². The molecule has 1 aliphatic rings. The molecule has 0 N–H and O–H groups in total. The molecule has 0 atom stereocenters. The Morgan fingerprint density at radius 3 is 2.69 bits per heavy atom. The number of nitrogens with zero attached hydrogens (tertiary/aromatic N) is 2. The lowest BCUT2D eigenvalue weighted by atomic mass is 10.0. The van der Waals surface area contributed by atoms with Gasteiger partial charge in [0.15, 0.2) is 5.78 Å². The number of halogens is 1. The molecule has 0 unspecified atom stereocenters.